The second-order valence-electron chi connectivity index (χ2n) is 12.0. The lowest BCUT2D eigenvalue weighted by Crippen LogP contribution is -1.98. The molecule has 4 nitrogen and oxygen atoms in total. The van der Waals surface area contributed by atoms with Crippen LogP contribution in [0.25, 0.3) is 82.1 Å². The summed E-state index contributed by atoms with van der Waals surface area (Å²) in [4.78, 5) is 3.79. The molecular formula is C44H26N4. The molecular weight excluding hydrogens is 585 g/mol. The molecule has 0 aliphatic rings. The maximum atomic E-state index is 10.4. The third kappa shape index (κ3) is 4.14. The van der Waals surface area contributed by atoms with E-state index in [1.54, 1.807) is 0 Å². The zero-order valence-corrected chi connectivity index (χ0v) is 25.8. The quantitative estimate of drug-likeness (QED) is 0.183. The molecule has 0 amide bonds. The summed E-state index contributed by atoms with van der Waals surface area (Å²) in [6, 6.07) is 56.6. The average Bonchev–Trinajstić information content (AvgIpc) is 3.67. The minimum atomic E-state index is 0.589. The van der Waals surface area contributed by atoms with Crippen molar-refractivity contribution < 1.29 is 0 Å². The highest BCUT2D eigenvalue weighted by Gasteiger charge is 2.18. The van der Waals surface area contributed by atoms with Gasteiger partial charge in [-0.25, -0.2) is 4.85 Å². The monoisotopic (exact) mass is 610 g/mol. The van der Waals surface area contributed by atoms with Gasteiger partial charge in [0.2, 0.25) is 0 Å². The van der Waals surface area contributed by atoms with E-state index in [2.05, 4.69) is 147 Å². The molecule has 0 bridgehead atoms. The summed E-state index contributed by atoms with van der Waals surface area (Å²) in [5, 5.41) is 15.1. The number of hydrogen-bond acceptors (Lipinski definition) is 1. The zero-order chi connectivity index (χ0) is 32.2. The molecule has 0 saturated heterocycles. The van der Waals surface area contributed by atoms with Crippen molar-refractivity contribution in [3.05, 3.63) is 175 Å². The molecule has 48 heavy (non-hydrogen) atoms. The summed E-state index contributed by atoms with van der Waals surface area (Å²) in [7, 11) is 0. The summed E-state index contributed by atoms with van der Waals surface area (Å²) < 4.78 is 4.47. The Morgan fingerprint density at radius 2 is 0.958 bits per heavy atom. The molecule has 9 aromatic rings. The molecule has 0 unspecified atom stereocenters. The van der Waals surface area contributed by atoms with Crippen molar-refractivity contribution in [3.8, 4) is 39.7 Å². The van der Waals surface area contributed by atoms with Crippen LogP contribution in [0.3, 0.4) is 0 Å². The second-order valence-corrected chi connectivity index (χ2v) is 12.0. The van der Waals surface area contributed by atoms with Gasteiger partial charge in [-0.3, -0.25) is 0 Å². The third-order valence-electron chi connectivity index (χ3n) is 9.38. The van der Waals surface area contributed by atoms with Crippen LogP contribution in [0.2, 0.25) is 0 Å². The highest BCUT2D eigenvalue weighted by Crippen LogP contribution is 2.39. The molecule has 0 N–H and O–H groups in total. The largest absolute Gasteiger partial charge is 0.310 e. The molecule has 0 spiro atoms. The lowest BCUT2D eigenvalue weighted by atomic mass is 9.96. The number of fused-ring (bicyclic) bond motifs is 6. The Balaban J connectivity index is 1.21. The number of aromatic nitrogens is 2. The van der Waals surface area contributed by atoms with Gasteiger partial charge >= 0.3 is 0 Å². The molecule has 0 radical (unpaired) electrons. The van der Waals surface area contributed by atoms with E-state index in [-0.39, 0.29) is 0 Å². The Morgan fingerprint density at radius 3 is 1.50 bits per heavy atom. The smallest absolute Gasteiger partial charge is 0.189 e. The Morgan fingerprint density at radius 1 is 0.458 bits per heavy atom. The summed E-state index contributed by atoms with van der Waals surface area (Å²) in [6.07, 6.45) is 0. The van der Waals surface area contributed by atoms with Crippen LogP contribution in [0.5, 0.6) is 0 Å². The van der Waals surface area contributed by atoms with Crippen LogP contribution in [0, 0.1) is 17.9 Å². The van der Waals surface area contributed by atoms with Gasteiger partial charge in [-0.15, -0.1) is 0 Å². The first-order chi connectivity index (χ1) is 23.7. The van der Waals surface area contributed by atoms with Gasteiger partial charge in [0.15, 0.2) is 5.69 Å². The number of hydrogen-bond donors (Lipinski definition) is 0. The molecule has 222 valence electrons. The molecule has 2 aromatic heterocycles. The van der Waals surface area contributed by atoms with Crippen LogP contribution >= 0.6 is 0 Å². The van der Waals surface area contributed by atoms with Gasteiger partial charge in [-0.1, -0.05) is 109 Å². The standard InChI is InChI=1S/C44H26N4/c1-46-33-22-23-34(44(27-33)48-42-19-8-4-15-37(42)38-16-5-9-20-43(38)48)31-12-10-11-29(25-31)30-21-24-39(32(26-30)28-45)47-40-17-6-2-13-35(40)36-14-3-7-18-41(36)47/h2-27H. The fraction of sp³-hybridized carbons (Fsp3) is 0. The molecule has 0 aliphatic carbocycles. The van der Waals surface area contributed by atoms with Gasteiger partial charge in [0, 0.05) is 32.8 Å². The molecule has 4 heteroatoms. The highest BCUT2D eigenvalue weighted by atomic mass is 15.0. The van der Waals surface area contributed by atoms with E-state index in [0.717, 1.165) is 66.5 Å². The Hall–Kier alpha value is -6.88. The van der Waals surface area contributed by atoms with Crippen molar-refractivity contribution in [2.75, 3.05) is 0 Å². The molecule has 0 fully saturated rings. The van der Waals surface area contributed by atoms with Gasteiger partial charge in [0.05, 0.1) is 39.9 Å². The predicted octanol–water partition coefficient (Wildman–Crippen LogP) is 11.6. The van der Waals surface area contributed by atoms with E-state index in [1.165, 1.54) is 10.8 Å². The van der Waals surface area contributed by atoms with Gasteiger partial charge < -0.3 is 9.13 Å². The van der Waals surface area contributed by atoms with Crippen LogP contribution in [0.4, 0.5) is 5.69 Å². The van der Waals surface area contributed by atoms with Crippen molar-refractivity contribution in [1.82, 2.24) is 9.13 Å². The SMILES string of the molecule is [C-]#[N+]c1ccc(-c2cccc(-c3ccc(-n4c5ccccc5c5ccccc54)c(C#N)c3)c2)c(-n2c3ccccc3c3ccccc32)c1. The maximum Gasteiger partial charge on any atom is 0.189 e. The Kier molecular flexibility index (Phi) is 6.22. The van der Waals surface area contributed by atoms with E-state index in [4.69, 9.17) is 6.57 Å². The predicted molar refractivity (Wildman–Crippen MR) is 197 cm³/mol. The molecule has 0 saturated carbocycles. The van der Waals surface area contributed by atoms with Crippen molar-refractivity contribution in [3.63, 3.8) is 0 Å². The lowest BCUT2D eigenvalue weighted by molar-refractivity contribution is 1.17. The van der Waals surface area contributed by atoms with Crippen molar-refractivity contribution >= 4 is 49.3 Å². The fourth-order valence-electron chi connectivity index (χ4n) is 7.25. The maximum absolute atomic E-state index is 10.4. The summed E-state index contributed by atoms with van der Waals surface area (Å²) in [6.45, 7) is 7.80. The summed E-state index contributed by atoms with van der Waals surface area (Å²) >= 11 is 0. The highest BCUT2D eigenvalue weighted by molar-refractivity contribution is 6.10. The normalized spacial score (nSPS) is 11.3. The summed E-state index contributed by atoms with van der Waals surface area (Å²) in [5.41, 5.74) is 11.4. The van der Waals surface area contributed by atoms with Crippen molar-refractivity contribution in [1.29, 1.82) is 5.26 Å². The van der Waals surface area contributed by atoms with Crippen LogP contribution < -0.4 is 0 Å². The van der Waals surface area contributed by atoms with Gasteiger partial charge in [0.1, 0.15) is 6.07 Å². The van der Waals surface area contributed by atoms with E-state index in [1.807, 2.05) is 30.3 Å². The van der Waals surface area contributed by atoms with Crippen LogP contribution in [0.1, 0.15) is 5.56 Å². The minimum absolute atomic E-state index is 0.589. The molecule has 2 heterocycles. The average molecular weight is 611 g/mol. The Bertz CT molecular complexity index is 2710. The van der Waals surface area contributed by atoms with Crippen molar-refractivity contribution in [2.24, 2.45) is 0 Å². The van der Waals surface area contributed by atoms with E-state index < -0.39 is 0 Å². The number of nitriles is 1. The number of benzene rings is 7. The van der Waals surface area contributed by atoms with Crippen molar-refractivity contribution in [2.45, 2.75) is 0 Å². The lowest BCUT2D eigenvalue weighted by Gasteiger charge is -2.16. The number of nitrogens with zero attached hydrogens (tertiary/aromatic N) is 4. The van der Waals surface area contributed by atoms with Gasteiger partial charge in [-0.2, -0.15) is 5.26 Å². The van der Waals surface area contributed by atoms with Crippen LogP contribution in [-0.2, 0) is 0 Å². The third-order valence-corrected chi connectivity index (χ3v) is 9.38. The number of rotatable bonds is 4. The molecule has 0 atom stereocenters. The van der Waals surface area contributed by atoms with Gasteiger partial charge in [0.25, 0.3) is 0 Å². The molecule has 9 rings (SSSR count). The van der Waals surface area contributed by atoms with E-state index in [0.29, 0.717) is 11.3 Å². The molecule has 7 aromatic carbocycles. The summed E-state index contributed by atoms with van der Waals surface area (Å²) in [5.74, 6) is 0. The first kappa shape index (κ1) is 27.4. The van der Waals surface area contributed by atoms with Crippen LogP contribution in [-0.4, -0.2) is 9.13 Å². The first-order valence-electron chi connectivity index (χ1n) is 15.9. The molecule has 0 aliphatic heterocycles. The minimum Gasteiger partial charge on any atom is -0.310 e. The number of para-hydroxylation sites is 4. The topological polar surface area (TPSA) is 38.0 Å². The Labute approximate surface area is 277 Å². The fourth-order valence-corrected chi connectivity index (χ4v) is 7.25. The zero-order valence-electron chi connectivity index (χ0n) is 25.8. The van der Waals surface area contributed by atoms with Gasteiger partial charge in [-0.05, 0) is 65.2 Å². The first-order valence-corrected chi connectivity index (χ1v) is 15.9. The second kappa shape index (κ2) is 10.9. The van der Waals surface area contributed by atoms with E-state index in [9.17, 15) is 5.26 Å². The van der Waals surface area contributed by atoms with E-state index >= 15 is 0 Å². The van der Waals surface area contributed by atoms with Crippen LogP contribution in [0.15, 0.2) is 158 Å².